The van der Waals surface area contributed by atoms with E-state index in [9.17, 15) is 9.90 Å². The lowest BCUT2D eigenvalue weighted by Crippen LogP contribution is -2.49. The van der Waals surface area contributed by atoms with Crippen LogP contribution in [0.3, 0.4) is 0 Å². The van der Waals surface area contributed by atoms with Crippen molar-refractivity contribution in [2.24, 2.45) is 0 Å². The molecule has 5 nitrogen and oxygen atoms in total. The molecule has 0 radical (unpaired) electrons. The van der Waals surface area contributed by atoms with Crippen LogP contribution in [0, 0.1) is 6.92 Å². The molecule has 1 saturated heterocycles. The Bertz CT molecular complexity index is 490. The van der Waals surface area contributed by atoms with Crippen LogP contribution in [0.2, 0.25) is 0 Å². The Morgan fingerprint density at radius 3 is 2.81 bits per heavy atom. The Hall–Kier alpha value is -1.33. The van der Waals surface area contributed by atoms with Crippen LogP contribution in [-0.2, 0) is 11.3 Å². The van der Waals surface area contributed by atoms with Crippen molar-refractivity contribution in [1.82, 2.24) is 9.80 Å². The number of carbonyl (C=O) groups is 1. The number of hydrogen-bond acceptors (Lipinski definition) is 4. The lowest BCUT2D eigenvalue weighted by Gasteiger charge is -2.34. The van der Waals surface area contributed by atoms with E-state index in [2.05, 4.69) is 4.90 Å². The van der Waals surface area contributed by atoms with Crippen LogP contribution >= 0.6 is 0 Å². The van der Waals surface area contributed by atoms with Gasteiger partial charge in [0.15, 0.2) is 0 Å². The Kier molecular flexibility index (Phi) is 4.74. The molecule has 1 unspecified atom stereocenters. The number of carbonyl (C=O) groups excluding carboxylic acids is 1. The molecule has 0 aromatic carbocycles. The van der Waals surface area contributed by atoms with E-state index in [1.165, 1.54) is 0 Å². The average Bonchev–Trinajstić information content (AvgIpc) is 2.97. The summed E-state index contributed by atoms with van der Waals surface area (Å²) in [7, 11) is 1.79. The summed E-state index contributed by atoms with van der Waals surface area (Å²) in [6.07, 6.45) is 1.97. The third kappa shape index (κ3) is 4.08. The summed E-state index contributed by atoms with van der Waals surface area (Å²) in [5.41, 5.74) is -0.770. The molecule has 0 bridgehead atoms. The summed E-state index contributed by atoms with van der Waals surface area (Å²) < 4.78 is 5.50. The number of likely N-dealkylation sites (N-methyl/N-ethyl adjacent to an activating group) is 1. The molecular weight excluding hydrogens is 268 g/mol. The number of amides is 1. The standard InChI is InChI=1S/C16H26N2O3/c1-12-7-8-13(21-12)10-17(4)15(19)11-18-9-5-6-14(18)16(2,3)20/h7-8,14,20H,5-6,9-11H2,1-4H3. The Labute approximate surface area is 126 Å². The summed E-state index contributed by atoms with van der Waals surface area (Å²) in [5, 5.41) is 10.2. The summed E-state index contributed by atoms with van der Waals surface area (Å²) in [4.78, 5) is 16.1. The highest BCUT2D eigenvalue weighted by molar-refractivity contribution is 5.78. The molecule has 0 aliphatic carbocycles. The molecule has 1 aliphatic rings. The van der Waals surface area contributed by atoms with Crippen LogP contribution in [-0.4, -0.2) is 52.6 Å². The lowest BCUT2D eigenvalue weighted by atomic mass is 9.97. The number of likely N-dealkylation sites (tertiary alicyclic amines) is 1. The zero-order valence-corrected chi connectivity index (χ0v) is 13.4. The third-order valence-corrected chi connectivity index (χ3v) is 4.13. The fourth-order valence-electron chi connectivity index (χ4n) is 3.00. The molecule has 5 heteroatoms. The zero-order valence-electron chi connectivity index (χ0n) is 13.4. The number of nitrogens with zero attached hydrogens (tertiary/aromatic N) is 2. The fourth-order valence-corrected chi connectivity index (χ4v) is 3.00. The predicted octanol–water partition coefficient (Wildman–Crippen LogP) is 1.78. The van der Waals surface area contributed by atoms with E-state index in [1.807, 2.05) is 32.9 Å². The van der Waals surface area contributed by atoms with Crippen LogP contribution in [0.25, 0.3) is 0 Å². The van der Waals surface area contributed by atoms with Crippen molar-refractivity contribution >= 4 is 5.91 Å². The first-order valence-electron chi connectivity index (χ1n) is 7.53. The van der Waals surface area contributed by atoms with Crippen LogP contribution in [0.1, 0.15) is 38.2 Å². The van der Waals surface area contributed by atoms with Crippen molar-refractivity contribution < 1.29 is 14.3 Å². The molecule has 0 saturated carbocycles. The molecule has 1 N–H and O–H groups in total. The van der Waals surface area contributed by atoms with Crippen molar-refractivity contribution in [3.8, 4) is 0 Å². The smallest absolute Gasteiger partial charge is 0.236 e. The monoisotopic (exact) mass is 294 g/mol. The molecule has 1 aromatic heterocycles. The number of aliphatic hydroxyl groups is 1. The second-order valence-corrected chi connectivity index (χ2v) is 6.54. The second-order valence-electron chi connectivity index (χ2n) is 6.54. The molecule has 1 atom stereocenters. The zero-order chi connectivity index (χ0) is 15.6. The average molecular weight is 294 g/mol. The topological polar surface area (TPSA) is 56.9 Å². The van der Waals surface area contributed by atoms with Crippen molar-refractivity contribution in [3.05, 3.63) is 23.7 Å². The van der Waals surface area contributed by atoms with Gasteiger partial charge in [-0.25, -0.2) is 0 Å². The summed E-state index contributed by atoms with van der Waals surface area (Å²) in [6, 6.07) is 3.85. The van der Waals surface area contributed by atoms with Gasteiger partial charge in [-0.15, -0.1) is 0 Å². The summed E-state index contributed by atoms with van der Waals surface area (Å²) in [5.74, 6) is 1.71. The van der Waals surface area contributed by atoms with Crippen LogP contribution in [0.15, 0.2) is 16.5 Å². The molecule has 2 heterocycles. The largest absolute Gasteiger partial charge is 0.464 e. The van der Waals surface area contributed by atoms with Crippen LogP contribution in [0.4, 0.5) is 0 Å². The molecule has 21 heavy (non-hydrogen) atoms. The maximum absolute atomic E-state index is 12.3. The van der Waals surface area contributed by atoms with E-state index in [0.29, 0.717) is 13.1 Å². The van der Waals surface area contributed by atoms with Crippen molar-refractivity contribution in [1.29, 1.82) is 0 Å². The fraction of sp³-hybridized carbons (Fsp3) is 0.688. The SMILES string of the molecule is Cc1ccc(CN(C)C(=O)CN2CCCC2C(C)(C)O)o1. The number of rotatable bonds is 5. The van der Waals surface area contributed by atoms with E-state index in [1.54, 1.807) is 11.9 Å². The maximum Gasteiger partial charge on any atom is 0.236 e. The van der Waals surface area contributed by atoms with Gasteiger partial charge >= 0.3 is 0 Å². The van der Waals surface area contributed by atoms with Gasteiger partial charge < -0.3 is 14.4 Å². The molecule has 1 aliphatic heterocycles. The Balaban J connectivity index is 1.91. The van der Waals surface area contributed by atoms with Crippen molar-refractivity contribution in [2.75, 3.05) is 20.1 Å². The van der Waals surface area contributed by atoms with Crippen molar-refractivity contribution in [2.45, 2.75) is 51.8 Å². The highest BCUT2D eigenvalue weighted by Gasteiger charge is 2.36. The molecule has 0 spiro atoms. The van der Waals surface area contributed by atoms with E-state index < -0.39 is 5.60 Å². The number of aryl methyl sites for hydroxylation is 1. The van der Waals surface area contributed by atoms with E-state index >= 15 is 0 Å². The first-order valence-corrected chi connectivity index (χ1v) is 7.53. The van der Waals surface area contributed by atoms with Gasteiger partial charge in [0.2, 0.25) is 5.91 Å². The Morgan fingerprint density at radius 1 is 1.52 bits per heavy atom. The van der Waals surface area contributed by atoms with Gasteiger partial charge in [-0.05, 0) is 52.3 Å². The second kappa shape index (κ2) is 6.20. The van der Waals surface area contributed by atoms with Gasteiger partial charge in [0.05, 0.1) is 18.7 Å². The van der Waals surface area contributed by atoms with Crippen LogP contribution < -0.4 is 0 Å². The van der Waals surface area contributed by atoms with E-state index in [-0.39, 0.29) is 11.9 Å². The highest BCUT2D eigenvalue weighted by atomic mass is 16.3. The normalized spacial score (nSPS) is 20.0. The molecule has 2 rings (SSSR count). The van der Waals surface area contributed by atoms with Crippen LogP contribution in [0.5, 0.6) is 0 Å². The summed E-state index contributed by atoms with van der Waals surface area (Å²) >= 11 is 0. The molecular formula is C16H26N2O3. The minimum atomic E-state index is -0.770. The minimum Gasteiger partial charge on any atom is -0.464 e. The first kappa shape index (κ1) is 16.0. The highest BCUT2D eigenvalue weighted by Crippen LogP contribution is 2.26. The quantitative estimate of drug-likeness (QED) is 0.899. The van der Waals surface area contributed by atoms with E-state index in [0.717, 1.165) is 30.9 Å². The first-order chi connectivity index (χ1) is 9.77. The molecule has 1 amide bonds. The van der Waals surface area contributed by atoms with Gasteiger partial charge in [-0.1, -0.05) is 0 Å². The molecule has 1 aromatic rings. The van der Waals surface area contributed by atoms with Gasteiger partial charge in [-0.2, -0.15) is 0 Å². The molecule has 1 fully saturated rings. The third-order valence-electron chi connectivity index (χ3n) is 4.13. The van der Waals surface area contributed by atoms with Gasteiger partial charge in [-0.3, -0.25) is 9.69 Å². The Morgan fingerprint density at radius 2 is 2.24 bits per heavy atom. The molecule has 118 valence electrons. The lowest BCUT2D eigenvalue weighted by molar-refractivity contribution is -0.133. The number of hydrogen-bond donors (Lipinski definition) is 1. The minimum absolute atomic E-state index is 0.0557. The maximum atomic E-state index is 12.3. The van der Waals surface area contributed by atoms with Gasteiger partial charge in [0.25, 0.3) is 0 Å². The van der Waals surface area contributed by atoms with Gasteiger partial charge in [0, 0.05) is 13.1 Å². The number of furan rings is 1. The predicted molar refractivity (Wildman–Crippen MR) is 80.8 cm³/mol. The summed E-state index contributed by atoms with van der Waals surface area (Å²) in [6.45, 7) is 7.22. The van der Waals surface area contributed by atoms with Gasteiger partial charge in [0.1, 0.15) is 11.5 Å². The van der Waals surface area contributed by atoms with Crippen molar-refractivity contribution in [3.63, 3.8) is 0 Å². The van der Waals surface area contributed by atoms with E-state index in [4.69, 9.17) is 4.42 Å².